The third kappa shape index (κ3) is 3.59. The van der Waals surface area contributed by atoms with E-state index in [4.69, 9.17) is 5.73 Å². The Morgan fingerprint density at radius 2 is 1.75 bits per heavy atom. The van der Waals surface area contributed by atoms with Gasteiger partial charge in [0.25, 0.3) is 5.56 Å². The summed E-state index contributed by atoms with van der Waals surface area (Å²) in [4.78, 5) is 21.9. The van der Waals surface area contributed by atoms with Crippen molar-refractivity contribution in [3.63, 3.8) is 0 Å². The quantitative estimate of drug-likeness (QED) is 0.478. The zero-order valence-corrected chi connectivity index (χ0v) is 18.6. The van der Waals surface area contributed by atoms with Crippen LogP contribution in [0.15, 0.2) is 70.5 Å². The first-order chi connectivity index (χ1) is 15.2. The molecule has 0 fully saturated rings. The lowest BCUT2D eigenvalue weighted by atomic mass is 10.1. The van der Waals surface area contributed by atoms with Crippen LogP contribution in [0.4, 0.5) is 11.8 Å². The maximum Gasteiger partial charge on any atom is 0.267 e. The summed E-state index contributed by atoms with van der Waals surface area (Å²) >= 11 is 0. The van der Waals surface area contributed by atoms with Crippen molar-refractivity contribution in [2.75, 3.05) is 32.2 Å². The van der Waals surface area contributed by atoms with Crippen LogP contribution in [-0.4, -0.2) is 48.4 Å². The summed E-state index contributed by atoms with van der Waals surface area (Å²) in [6.07, 6.45) is 1.48. The monoisotopic (exact) mass is 450 g/mol. The van der Waals surface area contributed by atoms with Crippen molar-refractivity contribution in [3.8, 4) is 16.8 Å². The Hall–Kier alpha value is -3.76. The summed E-state index contributed by atoms with van der Waals surface area (Å²) < 4.78 is 27.8. The van der Waals surface area contributed by atoms with Crippen molar-refractivity contribution >= 4 is 32.7 Å². The Bertz CT molecular complexity index is 1480. The van der Waals surface area contributed by atoms with E-state index >= 15 is 0 Å². The molecular formula is C22H22N6O3S. The number of nitrogens with one attached hydrogen (secondary N) is 1. The van der Waals surface area contributed by atoms with Gasteiger partial charge >= 0.3 is 0 Å². The number of fused-ring (bicyclic) bond motifs is 1. The molecule has 4 aromatic rings. The van der Waals surface area contributed by atoms with E-state index in [1.807, 2.05) is 30.3 Å². The number of aromatic nitrogens is 3. The van der Waals surface area contributed by atoms with E-state index < -0.39 is 10.0 Å². The van der Waals surface area contributed by atoms with Crippen molar-refractivity contribution in [1.82, 2.24) is 18.8 Å². The predicted octanol–water partition coefficient (Wildman–Crippen LogP) is 2.32. The average Bonchev–Trinajstić information content (AvgIpc) is 2.79. The Morgan fingerprint density at radius 1 is 1.03 bits per heavy atom. The number of para-hydroxylation sites is 1. The Morgan fingerprint density at radius 3 is 2.41 bits per heavy atom. The zero-order chi connectivity index (χ0) is 23.0. The second kappa shape index (κ2) is 8.06. The Balaban J connectivity index is 1.94. The number of hydrogen-bond acceptors (Lipinski definition) is 7. The second-order valence-electron chi connectivity index (χ2n) is 7.29. The van der Waals surface area contributed by atoms with Crippen LogP contribution in [0.3, 0.4) is 0 Å². The molecule has 2 heterocycles. The zero-order valence-electron chi connectivity index (χ0n) is 17.8. The second-order valence-corrected chi connectivity index (χ2v) is 9.41. The van der Waals surface area contributed by atoms with Gasteiger partial charge in [0.1, 0.15) is 10.7 Å². The molecule has 0 bridgehead atoms. The number of pyridine rings is 1. The minimum atomic E-state index is -3.78. The lowest BCUT2D eigenvalue weighted by molar-refractivity contribution is 0.521. The molecule has 32 heavy (non-hydrogen) atoms. The molecule has 10 heteroatoms. The summed E-state index contributed by atoms with van der Waals surface area (Å²) in [5.74, 6) is 0.324. The predicted molar refractivity (Wildman–Crippen MR) is 125 cm³/mol. The first kappa shape index (κ1) is 21.5. The van der Waals surface area contributed by atoms with Crippen LogP contribution in [0.5, 0.6) is 0 Å². The number of hydrogen-bond donors (Lipinski definition) is 2. The van der Waals surface area contributed by atoms with Gasteiger partial charge in [-0.3, -0.25) is 4.79 Å². The van der Waals surface area contributed by atoms with Crippen LogP contribution >= 0.6 is 0 Å². The lowest BCUT2D eigenvalue weighted by Crippen LogP contribution is -2.23. The number of sulfonamides is 1. The highest BCUT2D eigenvalue weighted by Gasteiger charge is 2.22. The SMILES string of the molecule is CNc1nc2ccc(-c3cnc(N)c(S(=O)(=O)N(C)C)c3)cc2c(=O)n1-c1ccccc1. The van der Waals surface area contributed by atoms with Gasteiger partial charge in [-0.2, -0.15) is 0 Å². The van der Waals surface area contributed by atoms with E-state index in [1.165, 1.54) is 30.9 Å². The van der Waals surface area contributed by atoms with Crippen LogP contribution in [-0.2, 0) is 10.0 Å². The molecule has 4 rings (SSSR count). The molecular weight excluding hydrogens is 428 g/mol. The molecule has 0 aliphatic rings. The fourth-order valence-corrected chi connectivity index (χ4v) is 4.35. The lowest BCUT2D eigenvalue weighted by Gasteiger charge is -2.15. The minimum Gasteiger partial charge on any atom is -0.383 e. The van der Waals surface area contributed by atoms with Gasteiger partial charge in [0, 0.05) is 32.9 Å². The largest absolute Gasteiger partial charge is 0.383 e. The van der Waals surface area contributed by atoms with Gasteiger partial charge in [0.2, 0.25) is 16.0 Å². The summed E-state index contributed by atoms with van der Waals surface area (Å²) in [7, 11) is 0.772. The van der Waals surface area contributed by atoms with Crippen molar-refractivity contribution in [2.45, 2.75) is 4.90 Å². The molecule has 3 N–H and O–H groups in total. The molecule has 0 aliphatic carbocycles. The number of nitrogens with zero attached hydrogens (tertiary/aromatic N) is 4. The van der Waals surface area contributed by atoms with Gasteiger partial charge in [-0.05, 0) is 35.9 Å². The molecule has 0 atom stereocenters. The fraction of sp³-hybridized carbons (Fsp3) is 0.136. The maximum atomic E-state index is 13.4. The molecule has 0 radical (unpaired) electrons. The molecule has 0 saturated heterocycles. The van der Waals surface area contributed by atoms with Crippen LogP contribution in [0.1, 0.15) is 0 Å². The molecule has 0 spiro atoms. The minimum absolute atomic E-state index is 0.0880. The highest BCUT2D eigenvalue weighted by Crippen LogP contribution is 2.28. The molecule has 0 unspecified atom stereocenters. The van der Waals surface area contributed by atoms with E-state index in [0.717, 1.165) is 4.31 Å². The standard InChI is InChI=1S/C22H22N6O3S/c1-24-22-26-18-10-9-14(11-17(18)21(29)28(22)16-7-5-4-6-8-16)15-12-19(20(23)25-13-15)32(30,31)27(2)3/h4-13H,1-3H3,(H2,23,25)(H,24,26). The van der Waals surface area contributed by atoms with Crippen molar-refractivity contribution in [2.24, 2.45) is 0 Å². The topological polar surface area (TPSA) is 123 Å². The normalized spacial score (nSPS) is 11.8. The summed E-state index contributed by atoms with van der Waals surface area (Å²) in [5, 5.41) is 3.36. The van der Waals surface area contributed by atoms with Crippen molar-refractivity contribution in [3.05, 3.63) is 71.1 Å². The van der Waals surface area contributed by atoms with Gasteiger partial charge in [-0.15, -0.1) is 0 Å². The number of anilines is 2. The number of rotatable bonds is 5. The smallest absolute Gasteiger partial charge is 0.267 e. The number of benzene rings is 2. The van der Waals surface area contributed by atoms with Crippen LogP contribution in [0.2, 0.25) is 0 Å². The summed E-state index contributed by atoms with van der Waals surface area (Å²) in [5.41, 5.74) is 7.91. The first-order valence-electron chi connectivity index (χ1n) is 9.72. The fourth-order valence-electron chi connectivity index (χ4n) is 3.37. The number of nitrogen functional groups attached to an aromatic ring is 1. The average molecular weight is 451 g/mol. The van der Waals surface area contributed by atoms with Crippen molar-refractivity contribution < 1.29 is 8.42 Å². The summed E-state index contributed by atoms with van der Waals surface area (Å²) in [6, 6.07) is 15.8. The molecule has 0 saturated carbocycles. The highest BCUT2D eigenvalue weighted by molar-refractivity contribution is 7.89. The third-order valence-electron chi connectivity index (χ3n) is 5.08. The molecule has 2 aromatic heterocycles. The van der Waals surface area contributed by atoms with Gasteiger partial charge in [0.05, 0.1) is 16.6 Å². The maximum absolute atomic E-state index is 13.4. The third-order valence-corrected chi connectivity index (χ3v) is 6.92. The van der Waals surface area contributed by atoms with E-state index in [2.05, 4.69) is 15.3 Å². The van der Waals surface area contributed by atoms with Gasteiger partial charge in [-0.1, -0.05) is 24.3 Å². The van der Waals surface area contributed by atoms with E-state index in [1.54, 1.807) is 25.2 Å². The molecule has 2 aromatic carbocycles. The molecule has 0 amide bonds. The van der Waals surface area contributed by atoms with Gasteiger partial charge in [0.15, 0.2) is 0 Å². The Labute approximate surface area is 185 Å². The van der Waals surface area contributed by atoms with E-state index in [-0.39, 0.29) is 16.3 Å². The van der Waals surface area contributed by atoms with E-state index in [0.29, 0.717) is 33.7 Å². The van der Waals surface area contributed by atoms with Crippen molar-refractivity contribution in [1.29, 1.82) is 0 Å². The number of nitrogens with two attached hydrogens (primary N) is 1. The first-order valence-corrected chi connectivity index (χ1v) is 11.2. The molecule has 164 valence electrons. The van der Waals surface area contributed by atoms with E-state index in [9.17, 15) is 13.2 Å². The Kier molecular flexibility index (Phi) is 5.41. The van der Waals surface area contributed by atoms with Crippen LogP contribution in [0.25, 0.3) is 27.7 Å². The van der Waals surface area contributed by atoms with Crippen LogP contribution < -0.4 is 16.6 Å². The molecule has 0 aliphatic heterocycles. The van der Waals surface area contributed by atoms with Gasteiger partial charge < -0.3 is 11.1 Å². The van der Waals surface area contributed by atoms with Crippen LogP contribution in [0, 0.1) is 0 Å². The summed E-state index contributed by atoms with van der Waals surface area (Å²) in [6.45, 7) is 0. The van der Waals surface area contributed by atoms with Gasteiger partial charge in [-0.25, -0.2) is 27.3 Å². The highest BCUT2D eigenvalue weighted by atomic mass is 32.2. The molecule has 9 nitrogen and oxygen atoms in total.